The summed E-state index contributed by atoms with van der Waals surface area (Å²) in [5, 5.41) is 5.07. The van der Waals surface area contributed by atoms with E-state index < -0.39 is 11.8 Å². The number of amides is 2. The van der Waals surface area contributed by atoms with Crippen LogP contribution in [0.4, 0.5) is 5.69 Å². The first-order valence-electron chi connectivity index (χ1n) is 11.8. The molecule has 5 rings (SSSR count). The molecule has 0 bridgehead atoms. The molecular formula is C30H23IN2O3S. The van der Waals surface area contributed by atoms with Gasteiger partial charge in [-0.2, -0.15) is 0 Å². The van der Waals surface area contributed by atoms with Gasteiger partial charge in [-0.25, -0.2) is 0 Å². The fourth-order valence-electron chi connectivity index (χ4n) is 4.15. The Kier molecular flexibility index (Phi) is 7.34. The van der Waals surface area contributed by atoms with Gasteiger partial charge in [0.15, 0.2) is 5.11 Å². The molecule has 0 unspecified atom stereocenters. The number of hydrogen-bond donors (Lipinski definition) is 1. The lowest BCUT2D eigenvalue weighted by Crippen LogP contribution is -2.54. The Hall–Kier alpha value is -3.56. The molecule has 0 aromatic heterocycles. The van der Waals surface area contributed by atoms with Gasteiger partial charge in [0.1, 0.15) is 17.9 Å². The maximum absolute atomic E-state index is 13.3. The average molecular weight is 618 g/mol. The van der Waals surface area contributed by atoms with Crippen molar-refractivity contribution >= 4 is 74.3 Å². The number of aryl methyl sites for hydroxylation is 1. The molecule has 1 saturated heterocycles. The van der Waals surface area contributed by atoms with E-state index in [1.54, 1.807) is 6.08 Å². The van der Waals surface area contributed by atoms with E-state index >= 15 is 0 Å². The molecular weight excluding hydrogens is 595 g/mol. The van der Waals surface area contributed by atoms with Crippen molar-refractivity contribution < 1.29 is 14.3 Å². The van der Waals surface area contributed by atoms with Crippen LogP contribution in [0.1, 0.15) is 23.6 Å². The number of nitrogens with zero attached hydrogens (tertiary/aromatic N) is 1. The standard InChI is InChI=1S/C30H23IN2O3S/c1-2-19-8-12-24(13-9-19)33-29(35)25(28(34)32-30(33)37)16-20-10-14-27(26(31)17-20)36-18-21-7-11-22-5-3-4-6-23(22)15-21/h3-17H,2,18H2,1H3,(H,32,34,37)/b25-16+. The van der Waals surface area contributed by atoms with Gasteiger partial charge in [0.05, 0.1) is 9.26 Å². The number of thiocarbonyl (C=S) groups is 1. The smallest absolute Gasteiger partial charge is 0.270 e. The number of ether oxygens (including phenoxy) is 1. The summed E-state index contributed by atoms with van der Waals surface area (Å²) in [5.41, 5.74) is 3.58. The molecule has 1 aliphatic heterocycles. The molecule has 0 aliphatic carbocycles. The van der Waals surface area contributed by atoms with Gasteiger partial charge in [-0.05, 0) is 105 Å². The SMILES string of the molecule is CCc1ccc(N2C(=O)/C(=C/c3ccc(OCc4ccc5ccccc5c4)c(I)c3)C(=O)NC2=S)cc1. The van der Waals surface area contributed by atoms with Crippen molar-refractivity contribution in [1.82, 2.24) is 5.32 Å². The number of carbonyl (C=O) groups is 2. The topological polar surface area (TPSA) is 58.6 Å². The normalized spacial score (nSPS) is 14.8. The van der Waals surface area contributed by atoms with Gasteiger partial charge in [0, 0.05) is 0 Å². The van der Waals surface area contributed by atoms with Gasteiger partial charge in [-0.15, -0.1) is 0 Å². The second kappa shape index (κ2) is 10.8. The Morgan fingerprint density at radius 2 is 1.65 bits per heavy atom. The number of anilines is 1. The van der Waals surface area contributed by atoms with Crippen molar-refractivity contribution in [3.05, 3.63) is 111 Å². The fraction of sp³-hybridized carbons (Fsp3) is 0.100. The van der Waals surface area contributed by atoms with Gasteiger partial charge >= 0.3 is 0 Å². The first-order chi connectivity index (χ1) is 17.9. The second-order valence-corrected chi connectivity index (χ2v) is 10.2. The third kappa shape index (κ3) is 5.42. The predicted molar refractivity (Wildman–Crippen MR) is 159 cm³/mol. The monoisotopic (exact) mass is 618 g/mol. The molecule has 1 fully saturated rings. The van der Waals surface area contributed by atoms with E-state index in [1.165, 1.54) is 15.7 Å². The lowest BCUT2D eigenvalue weighted by atomic mass is 10.1. The molecule has 0 atom stereocenters. The van der Waals surface area contributed by atoms with Crippen LogP contribution in [-0.4, -0.2) is 16.9 Å². The maximum atomic E-state index is 13.3. The van der Waals surface area contributed by atoms with E-state index in [9.17, 15) is 9.59 Å². The summed E-state index contributed by atoms with van der Waals surface area (Å²) in [6, 6.07) is 27.6. The molecule has 0 radical (unpaired) electrons. The number of halogens is 1. The highest BCUT2D eigenvalue weighted by Gasteiger charge is 2.34. The van der Waals surface area contributed by atoms with Crippen molar-refractivity contribution in [3.63, 3.8) is 0 Å². The van der Waals surface area contributed by atoms with Crippen LogP contribution in [-0.2, 0) is 22.6 Å². The summed E-state index contributed by atoms with van der Waals surface area (Å²) in [5.74, 6) is -0.234. The molecule has 1 heterocycles. The van der Waals surface area contributed by atoms with Gasteiger partial charge in [0.25, 0.3) is 11.8 Å². The summed E-state index contributed by atoms with van der Waals surface area (Å²) in [6.07, 6.45) is 2.48. The third-order valence-electron chi connectivity index (χ3n) is 6.18. The van der Waals surface area contributed by atoms with Crippen LogP contribution >= 0.6 is 34.8 Å². The Morgan fingerprint density at radius 3 is 2.38 bits per heavy atom. The number of fused-ring (bicyclic) bond motifs is 1. The molecule has 4 aromatic carbocycles. The highest BCUT2D eigenvalue weighted by Crippen LogP contribution is 2.27. The fourth-order valence-corrected chi connectivity index (χ4v) is 5.13. The van der Waals surface area contributed by atoms with E-state index in [4.69, 9.17) is 17.0 Å². The molecule has 5 nitrogen and oxygen atoms in total. The lowest BCUT2D eigenvalue weighted by molar-refractivity contribution is -0.122. The van der Waals surface area contributed by atoms with E-state index in [0.717, 1.165) is 32.4 Å². The number of rotatable bonds is 6. The van der Waals surface area contributed by atoms with E-state index in [-0.39, 0.29) is 10.7 Å². The largest absolute Gasteiger partial charge is 0.488 e. The van der Waals surface area contributed by atoms with E-state index in [2.05, 4.69) is 65.2 Å². The predicted octanol–water partition coefficient (Wildman–Crippen LogP) is 6.42. The van der Waals surface area contributed by atoms with Crippen molar-refractivity contribution in [1.29, 1.82) is 0 Å². The number of nitrogens with one attached hydrogen (secondary N) is 1. The molecule has 184 valence electrons. The van der Waals surface area contributed by atoms with Crippen LogP contribution < -0.4 is 15.0 Å². The Morgan fingerprint density at radius 1 is 0.919 bits per heavy atom. The Labute approximate surface area is 234 Å². The molecule has 0 spiro atoms. The van der Waals surface area contributed by atoms with Crippen LogP contribution in [0.25, 0.3) is 16.8 Å². The third-order valence-corrected chi connectivity index (χ3v) is 7.31. The van der Waals surface area contributed by atoms with Gasteiger partial charge in [-0.1, -0.05) is 61.5 Å². The molecule has 4 aromatic rings. The first kappa shape index (κ1) is 25.1. The number of benzene rings is 4. The average Bonchev–Trinajstić information content (AvgIpc) is 2.90. The van der Waals surface area contributed by atoms with Crippen molar-refractivity contribution in [2.45, 2.75) is 20.0 Å². The lowest BCUT2D eigenvalue weighted by Gasteiger charge is -2.29. The van der Waals surface area contributed by atoms with Gasteiger partial charge < -0.3 is 4.74 Å². The van der Waals surface area contributed by atoms with Crippen LogP contribution in [0.2, 0.25) is 0 Å². The summed E-state index contributed by atoms with van der Waals surface area (Å²) in [6.45, 7) is 2.50. The van der Waals surface area contributed by atoms with Crippen molar-refractivity contribution in [2.24, 2.45) is 0 Å². The number of hydrogen-bond acceptors (Lipinski definition) is 4. The van der Waals surface area contributed by atoms with E-state index in [1.807, 2.05) is 54.6 Å². The van der Waals surface area contributed by atoms with E-state index in [0.29, 0.717) is 12.3 Å². The summed E-state index contributed by atoms with van der Waals surface area (Å²) < 4.78 is 6.94. The zero-order chi connectivity index (χ0) is 25.9. The molecule has 2 amide bonds. The summed E-state index contributed by atoms with van der Waals surface area (Å²) in [7, 11) is 0. The molecule has 0 saturated carbocycles. The molecule has 1 aliphatic rings. The highest BCUT2D eigenvalue weighted by atomic mass is 127. The Balaban J connectivity index is 1.34. The molecule has 37 heavy (non-hydrogen) atoms. The summed E-state index contributed by atoms with van der Waals surface area (Å²) >= 11 is 7.50. The van der Waals surface area contributed by atoms with Crippen LogP contribution in [0.15, 0.2) is 90.5 Å². The Bertz CT molecular complexity index is 1560. The second-order valence-electron chi connectivity index (χ2n) is 8.64. The minimum absolute atomic E-state index is 0.0220. The number of carbonyl (C=O) groups excluding carboxylic acids is 2. The zero-order valence-electron chi connectivity index (χ0n) is 20.0. The van der Waals surface area contributed by atoms with Crippen molar-refractivity contribution in [3.8, 4) is 5.75 Å². The van der Waals surface area contributed by atoms with Crippen molar-refractivity contribution in [2.75, 3.05) is 4.90 Å². The molecule has 1 N–H and O–H groups in total. The summed E-state index contributed by atoms with van der Waals surface area (Å²) in [4.78, 5) is 27.3. The minimum atomic E-state index is -0.511. The minimum Gasteiger partial charge on any atom is -0.488 e. The van der Waals surface area contributed by atoms with Gasteiger partial charge in [0.2, 0.25) is 0 Å². The maximum Gasteiger partial charge on any atom is 0.270 e. The van der Waals surface area contributed by atoms with Crippen LogP contribution in [0.5, 0.6) is 5.75 Å². The van der Waals surface area contributed by atoms with Crippen LogP contribution in [0, 0.1) is 3.57 Å². The highest BCUT2D eigenvalue weighted by molar-refractivity contribution is 14.1. The molecule has 7 heteroatoms. The van der Waals surface area contributed by atoms with Crippen LogP contribution in [0.3, 0.4) is 0 Å². The van der Waals surface area contributed by atoms with Gasteiger partial charge in [-0.3, -0.25) is 19.8 Å². The zero-order valence-corrected chi connectivity index (χ0v) is 23.0. The first-order valence-corrected chi connectivity index (χ1v) is 13.3. The quantitative estimate of drug-likeness (QED) is 0.117.